The van der Waals surface area contributed by atoms with Gasteiger partial charge in [-0.25, -0.2) is 0 Å². The molecule has 3 aromatic rings. The third-order valence-corrected chi connectivity index (χ3v) is 4.47. The molecule has 0 fully saturated rings. The van der Waals surface area contributed by atoms with Crippen LogP contribution in [0.5, 0.6) is 0 Å². The van der Waals surface area contributed by atoms with Crippen molar-refractivity contribution in [1.29, 1.82) is 0 Å². The van der Waals surface area contributed by atoms with Crippen molar-refractivity contribution in [3.63, 3.8) is 0 Å². The zero-order chi connectivity index (χ0) is 17.2. The Balaban J connectivity index is 1.83. The third kappa shape index (κ3) is 2.92. The van der Waals surface area contributed by atoms with E-state index in [2.05, 4.69) is 46.8 Å². The fraction of sp³-hybridized carbons (Fsp3) is 0. The lowest BCUT2D eigenvalue weighted by atomic mass is 10.1. The molecule has 3 aromatic carbocycles. The maximum absolute atomic E-state index is 6.06. The van der Waals surface area contributed by atoms with Gasteiger partial charge in [0.1, 0.15) is 5.82 Å². The summed E-state index contributed by atoms with van der Waals surface area (Å²) >= 11 is 6.06. The van der Waals surface area contributed by atoms with Crippen LogP contribution >= 0.6 is 11.6 Å². The van der Waals surface area contributed by atoms with E-state index in [0.717, 1.165) is 33.5 Å². The third-order valence-electron chi connectivity index (χ3n) is 4.22. The molecule has 0 atom stereocenters. The van der Waals surface area contributed by atoms with E-state index in [1.807, 2.05) is 60.7 Å². The van der Waals surface area contributed by atoms with E-state index >= 15 is 0 Å². The number of nitrogens with zero attached hydrogens (tertiary/aromatic N) is 2. The van der Waals surface area contributed by atoms with E-state index in [1.165, 1.54) is 0 Å². The quantitative estimate of drug-likeness (QED) is 0.563. The highest BCUT2D eigenvalue weighted by Crippen LogP contribution is 2.39. The lowest BCUT2D eigenvalue weighted by Gasteiger charge is -2.26. The highest BCUT2D eigenvalue weighted by molar-refractivity contribution is 6.30. The monoisotopic (exact) mass is 344 g/mol. The van der Waals surface area contributed by atoms with E-state index in [-0.39, 0.29) is 0 Å². The fourth-order valence-electron chi connectivity index (χ4n) is 3.00. The largest absolute Gasteiger partial charge is 0.301 e. The van der Waals surface area contributed by atoms with Gasteiger partial charge >= 0.3 is 0 Å². The molecule has 25 heavy (non-hydrogen) atoms. The smallest absolute Gasteiger partial charge is 0.114 e. The summed E-state index contributed by atoms with van der Waals surface area (Å²) in [6.07, 6.45) is 2.12. The first-order valence-corrected chi connectivity index (χ1v) is 8.48. The number of anilines is 2. The number of para-hydroxylation sites is 2. The minimum Gasteiger partial charge on any atom is -0.301 e. The Morgan fingerprint density at radius 2 is 1.24 bits per heavy atom. The van der Waals surface area contributed by atoms with Crippen LogP contribution in [0, 0.1) is 0 Å². The van der Waals surface area contributed by atoms with Crippen LogP contribution in [0.4, 0.5) is 11.4 Å². The van der Waals surface area contributed by atoms with Gasteiger partial charge in [-0.2, -0.15) is 0 Å². The van der Waals surface area contributed by atoms with Crippen molar-refractivity contribution in [3.8, 4) is 0 Å². The lowest BCUT2D eigenvalue weighted by Crippen LogP contribution is -2.22. The summed E-state index contributed by atoms with van der Waals surface area (Å²) in [5.41, 5.74) is 4.31. The first-order chi connectivity index (χ1) is 12.2. The van der Waals surface area contributed by atoms with Gasteiger partial charge in [-0.1, -0.05) is 66.7 Å². The summed E-state index contributed by atoms with van der Waals surface area (Å²) in [7, 11) is 0. The van der Waals surface area contributed by atoms with Crippen LogP contribution in [-0.4, -0.2) is 0 Å². The van der Waals surface area contributed by atoms with Crippen molar-refractivity contribution >= 4 is 28.7 Å². The minimum absolute atomic E-state index is 0.729. The van der Waals surface area contributed by atoms with E-state index in [1.54, 1.807) is 0 Å². The SMILES string of the molecule is C=C1N(c2ccccc2)C=C(c2ccc(Cl)cc2)N1c1ccccc1. The average molecular weight is 345 g/mol. The zero-order valence-electron chi connectivity index (χ0n) is 13.6. The Hall–Kier alpha value is -2.97. The van der Waals surface area contributed by atoms with Gasteiger partial charge < -0.3 is 4.90 Å². The Labute approximate surface area is 152 Å². The van der Waals surface area contributed by atoms with Crippen molar-refractivity contribution in [2.75, 3.05) is 9.80 Å². The predicted octanol–water partition coefficient (Wildman–Crippen LogP) is 6.14. The number of benzene rings is 3. The van der Waals surface area contributed by atoms with Crippen LogP contribution in [0.25, 0.3) is 5.70 Å². The van der Waals surface area contributed by atoms with Crippen LogP contribution in [-0.2, 0) is 0 Å². The number of hydrogen-bond acceptors (Lipinski definition) is 2. The number of rotatable bonds is 3. The highest BCUT2D eigenvalue weighted by Gasteiger charge is 2.28. The lowest BCUT2D eigenvalue weighted by molar-refractivity contribution is 1.13. The fourth-order valence-corrected chi connectivity index (χ4v) is 3.13. The van der Waals surface area contributed by atoms with Gasteiger partial charge in [-0.3, -0.25) is 4.90 Å². The molecule has 0 amide bonds. The van der Waals surface area contributed by atoms with Gasteiger partial charge in [0.25, 0.3) is 0 Å². The molecule has 0 bridgehead atoms. The van der Waals surface area contributed by atoms with Crippen LogP contribution in [0.3, 0.4) is 0 Å². The van der Waals surface area contributed by atoms with E-state index in [0.29, 0.717) is 0 Å². The van der Waals surface area contributed by atoms with E-state index in [9.17, 15) is 0 Å². The normalized spacial score (nSPS) is 14.0. The van der Waals surface area contributed by atoms with Crippen LogP contribution in [0.1, 0.15) is 5.56 Å². The molecule has 0 saturated carbocycles. The summed E-state index contributed by atoms with van der Waals surface area (Å²) in [6.45, 7) is 4.34. The van der Waals surface area contributed by atoms with Gasteiger partial charge in [0.05, 0.1) is 5.70 Å². The van der Waals surface area contributed by atoms with Crippen molar-refractivity contribution in [1.82, 2.24) is 0 Å². The minimum atomic E-state index is 0.729. The molecule has 0 aliphatic carbocycles. The molecule has 1 aliphatic heterocycles. The molecule has 0 unspecified atom stereocenters. The molecule has 0 radical (unpaired) electrons. The van der Waals surface area contributed by atoms with E-state index < -0.39 is 0 Å². The topological polar surface area (TPSA) is 6.48 Å². The predicted molar refractivity (Wildman–Crippen MR) is 106 cm³/mol. The summed E-state index contributed by atoms with van der Waals surface area (Å²) in [6, 6.07) is 28.4. The van der Waals surface area contributed by atoms with Gasteiger partial charge in [0.2, 0.25) is 0 Å². The van der Waals surface area contributed by atoms with E-state index in [4.69, 9.17) is 11.6 Å². The molecule has 3 heteroatoms. The summed E-state index contributed by atoms with van der Waals surface area (Å²) in [5.74, 6) is 0.891. The van der Waals surface area contributed by atoms with Crippen LogP contribution in [0.15, 0.2) is 104 Å². The number of halogens is 1. The molecule has 122 valence electrons. The molecule has 4 rings (SSSR count). The first-order valence-electron chi connectivity index (χ1n) is 8.10. The molecular formula is C22H17ClN2. The molecule has 2 nitrogen and oxygen atoms in total. The molecule has 0 spiro atoms. The van der Waals surface area contributed by atoms with Gasteiger partial charge in [-0.05, 0) is 36.4 Å². The maximum Gasteiger partial charge on any atom is 0.114 e. The Morgan fingerprint density at radius 1 is 0.680 bits per heavy atom. The van der Waals surface area contributed by atoms with Crippen molar-refractivity contribution in [2.24, 2.45) is 0 Å². The van der Waals surface area contributed by atoms with Gasteiger partial charge in [-0.15, -0.1) is 0 Å². The van der Waals surface area contributed by atoms with Crippen molar-refractivity contribution < 1.29 is 0 Å². The van der Waals surface area contributed by atoms with Crippen LogP contribution < -0.4 is 9.80 Å². The average Bonchev–Trinajstić information content (AvgIpc) is 3.01. The second-order valence-corrected chi connectivity index (χ2v) is 6.25. The molecule has 0 N–H and O–H groups in total. The standard InChI is InChI=1S/C22H17ClN2/c1-17-24(20-8-4-2-5-9-20)16-22(18-12-14-19(23)15-13-18)25(17)21-10-6-3-7-11-21/h2-16H,1H2. The zero-order valence-corrected chi connectivity index (χ0v) is 14.4. The van der Waals surface area contributed by atoms with Crippen molar-refractivity contribution in [2.45, 2.75) is 0 Å². The molecule has 0 saturated heterocycles. The summed E-state index contributed by atoms with van der Waals surface area (Å²) in [4.78, 5) is 4.27. The van der Waals surface area contributed by atoms with Crippen molar-refractivity contribution in [3.05, 3.63) is 114 Å². The Bertz CT molecular complexity index is 915. The molecule has 0 aromatic heterocycles. The van der Waals surface area contributed by atoms with Crippen LogP contribution in [0.2, 0.25) is 5.02 Å². The first kappa shape index (κ1) is 15.6. The van der Waals surface area contributed by atoms with Gasteiger partial charge in [0, 0.05) is 28.2 Å². The highest BCUT2D eigenvalue weighted by atomic mass is 35.5. The number of hydrogen-bond donors (Lipinski definition) is 0. The molecular weight excluding hydrogens is 328 g/mol. The van der Waals surface area contributed by atoms with Gasteiger partial charge in [0.15, 0.2) is 0 Å². The molecule has 1 aliphatic rings. The Kier molecular flexibility index (Phi) is 4.04. The second-order valence-electron chi connectivity index (χ2n) is 5.81. The summed E-state index contributed by atoms with van der Waals surface area (Å²) in [5, 5.41) is 0.729. The summed E-state index contributed by atoms with van der Waals surface area (Å²) < 4.78 is 0. The maximum atomic E-state index is 6.06. The second kappa shape index (κ2) is 6.50. The molecule has 1 heterocycles. The Morgan fingerprint density at radius 3 is 1.84 bits per heavy atom.